The van der Waals surface area contributed by atoms with Crippen LogP contribution < -0.4 is 5.43 Å². The molecule has 1 aliphatic rings. The number of hydrogen-bond acceptors (Lipinski definition) is 3. The van der Waals surface area contributed by atoms with Crippen LogP contribution in [0.3, 0.4) is 0 Å². The van der Waals surface area contributed by atoms with Crippen LogP contribution in [0.25, 0.3) is 0 Å². The maximum atomic E-state index is 8.82. The Balaban J connectivity index is 2.13. The van der Waals surface area contributed by atoms with Gasteiger partial charge >= 0.3 is 0 Å². The Labute approximate surface area is 115 Å². The molecule has 0 unspecified atom stereocenters. The molecule has 19 heavy (non-hydrogen) atoms. The number of nitrogens with one attached hydrogen (secondary N) is 1. The molecule has 3 heteroatoms. The van der Waals surface area contributed by atoms with Crippen LogP contribution in [0.2, 0.25) is 0 Å². The number of rotatable bonds is 4. The predicted octanol–water partition coefficient (Wildman–Crippen LogP) is 3.00. The highest BCUT2D eigenvalue weighted by molar-refractivity contribution is 5.34. The minimum atomic E-state index is 0.730. The molecule has 0 amide bonds. The van der Waals surface area contributed by atoms with Crippen LogP contribution in [0.5, 0.6) is 0 Å². The SMILES string of the molecule is CN(C)NC1=C(Cc2ccc(C#N)cc2)CCCC1. The summed E-state index contributed by atoms with van der Waals surface area (Å²) in [5.41, 5.74) is 8.33. The molecular formula is C16H21N3. The van der Waals surface area contributed by atoms with E-state index in [1.54, 1.807) is 0 Å². The minimum Gasteiger partial charge on any atom is -0.324 e. The summed E-state index contributed by atoms with van der Waals surface area (Å²) in [6, 6.07) is 10.1. The van der Waals surface area contributed by atoms with Crippen LogP contribution in [-0.4, -0.2) is 19.1 Å². The van der Waals surface area contributed by atoms with Crippen molar-refractivity contribution in [1.29, 1.82) is 5.26 Å². The molecular weight excluding hydrogens is 234 g/mol. The first kappa shape index (κ1) is 13.6. The predicted molar refractivity (Wildman–Crippen MR) is 77.2 cm³/mol. The maximum Gasteiger partial charge on any atom is 0.0991 e. The fraction of sp³-hybridized carbons (Fsp3) is 0.438. The average Bonchev–Trinajstić information content (AvgIpc) is 2.41. The van der Waals surface area contributed by atoms with Crippen molar-refractivity contribution < 1.29 is 0 Å². The zero-order valence-electron chi connectivity index (χ0n) is 11.7. The molecule has 3 nitrogen and oxygen atoms in total. The molecule has 0 spiro atoms. The summed E-state index contributed by atoms with van der Waals surface area (Å²) in [7, 11) is 4.06. The van der Waals surface area contributed by atoms with E-state index in [1.807, 2.05) is 31.2 Å². The smallest absolute Gasteiger partial charge is 0.0991 e. The highest BCUT2D eigenvalue weighted by Crippen LogP contribution is 2.26. The molecule has 1 aromatic rings. The summed E-state index contributed by atoms with van der Waals surface area (Å²) in [6.07, 6.45) is 5.86. The van der Waals surface area contributed by atoms with Crippen molar-refractivity contribution in [2.45, 2.75) is 32.1 Å². The van der Waals surface area contributed by atoms with Crippen LogP contribution >= 0.6 is 0 Å². The van der Waals surface area contributed by atoms with Crippen molar-refractivity contribution in [3.8, 4) is 6.07 Å². The first-order valence-electron chi connectivity index (χ1n) is 6.83. The van der Waals surface area contributed by atoms with E-state index in [0.717, 1.165) is 18.4 Å². The second kappa shape index (κ2) is 6.40. The zero-order valence-corrected chi connectivity index (χ0v) is 11.7. The molecule has 1 aliphatic carbocycles. The van der Waals surface area contributed by atoms with Crippen molar-refractivity contribution in [2.75, 3.05) is 14.1 Å². The molecule has 2 rings (SSSR count). The van der Waals surface area contributed by atoms with Gasteiger partial charge in [-0.1, -0.05) is 12.1 Å². The molecule has 0 bridgehead atoms. The van der Waals surface area contributed by atoms with Crippen molar-refractivity contribution in [3.05, 3.63) is 46.7 Å². The molecule has 0 fully saturated rings. The highest BCUT2D eigenvalue weighted by atomic mass is 15.5. The number of benzene rings is 1. The second-order valence-electron chi connectivity index (χ2n) is 5.28. The number of nitrogens with zero attached hydrogens (tertiary/aromatic N) is 2. The normalized spacial score (nSPS) is 15.5. The quantitative estimate of drug-likeness (QED) is 0.841. The van der Waals surface area contributed by atoms with E-state index in [0.29, 0.717) is 0 Å². The molecule has 1 aromatic carbocycles. The standard InChI is InChI=1S/C16H21N3/c1-19(2)18-16-6-4-3-5-15(16)11-13-7-9-14(12-17)10-8-13/h7-10,18H,3-6,11H2,1-2H3. The molecule has 0 radical (unpaired) electrons. The Morgan fingerprint density at radius 3 is 2.47 bits per heavy atom. The topological polar surface area (TPSA) is 39.1 Å². The fourth-order valence-corrected chi connectivity index (χ4v) is 2.51. The molecule has 0 atom stereocenters. The molecule has 0 saturated heterocycles. The third kappa shape index (κ3) is 3.84. The summed E-state index contributed by atoms with van der Waals surface area (Å²) in [6.45, 7) is 0. The molecule has 0 heterocycles. The Hall–Kier alpha value is -1.79. The van der Waals surface area contributed by atoms with Gasteiger partial charge in [-0.05, 0) is 55.4 Å². The van der Waals surface area contributed by atoms with Gasteiger partial charge in [0.2, 0.25) is 0 Å². The second-order valence-corrected chi connectivity index (χ2v) is 5.28. The third-order valence-corrected chi connectivity index (χ3v) is 3.44. The molecule has 100 valence electrons. The van der Waals surface area contributed by atoms with Gasteiger partial charge in [0.15, 0.2) is 0 Å². The zero-order chi connectivity index (χ0) is 13.7. The first-order valence-corrected chi connectivity index (χ1v) is 6.83. The van der Waals surface area contributed by atoms with Gasteiger partial charge in [-0.3, -0.25) is 0 Å². The van der Waals surface area contributed by atoms with Crippen LogP contribution in [-0.2, 0) is 6.42 Å². The summed E-state index contributed by atoms with van der Waals surface area (Å²) < 4.78 is 0. The Morgan fingerprint density at radius 2 is 1.84 bits per heavy atom. The van der Waals surface area contributed by atoms with Gasteiger partial charge in [-0.2, -0.15) is 5.26 Å². The van der Waals surface area contributed by atoms with Gasteiger partial charge in [-0.15, -0.1) is 0 Å². The van der Waals surface area contributed by atoms with E-state index >= 15 is 0 Å². The molecule has 0 saturated carbocycles. The monoisotopic (exact) mass is 255 g/mol. The number of hydrazine groups is 1. The van der Waals surface area contributed by atoms with Crippen LogP contribution in [0.4, 0.5) is 0 Å². The lowest BCUT2D eigenvalue weighted by Crippen LogP contribution is -2.31. The van der Waals surface area contributed by atoms with Gasteiger partial charge in [0, 0.05) is 19.8 Å². The number of hydrogen-bond donors (Lipinski definition) is 1. The molecule has 0 aliphatic heterocycles. The van der Waals surface area contributed by atoms with Crippen molar-refractivity contribution in [2.24, 2.45) is 0 Å². The van der Waals surface area contributed by atoms with Gasteiger partial charge in [-0.25, -0.2) is 5.01 Å². The number of allylic oxidation sites excluding steroid dienone is 2. The summed E-state index contributed by atoms with van der Waals surface area (Å²) in [5.74, 6) is 0. The Kier molecular flexibility index (Phi) is 4.59. The van der Waals surface area contributed by atoms with Gasteiger partial charge in [0.1, 0.15) is 0 Å². The summed E-state index contributed by atoms with van der Waals surface area (Å²) in [4.78, 5) is 0. The lowest BCUT2D eigenvalue weighted by molar-refractivity contribution is 0.313. The van der Waals surface area contributed by atoms with Gasteiger partial charge in [0.25, 0.3) is 0 Å². The van der Waals surface area contributed by atoms with E-state index in [-0.39, 0.29) is 0 Å². The first-order chi connectivity index (χ1) is 9.19. The van der Waals surface area contributed by atoms with Gasteiger partial charge < -0.3 is 5.43 Å². The average molecular weight is 255 g/mol. The Bertz CT molecular complexity index is 492. The van der Waals surface area contributed by atoms with Crippen molar-refractivity contribution >= 4 is 0 Å². The fourth-order valence-electron chi connectivity index (χ4n) is 2.51. The van der Waals surface area contributed by atoms with E-state index in [1.165, 1.54) is 36.1 Å². The number of nitriles is 1. The van der Waals surface area contributed by atoms with Crippen LogP contribution in [0.15, 0.2) is 35.5 Å². The maximum absolute atomic E-state index is 8.82. The van der Waals surface area contributed by atoms with Crippen LogP contribution in [0, 0.1) is 11.3 Å². The summed E-state index contributed by atoms with van der Waals surface area (Å²) in [5, 5.41) is 10.8. The Morgan fingerprint density at radius 1 is 1.16 bits per heavy atom. The van der Waals surface area contributed by atoms with Crippen molar-refractivity contribution in [3.63, 3.8) is 0 Å². The molecule has 1 N–H and O–H groups in total. The van der Waals surface area contributed by atoms with Crippen LogP contribution in [0.1, 0.15) is 36.8 Å². The third-order valence-electron chi connectivity index (χ3n) is 3.44. The largest absolute Gasteiger partial charge is 0.324 e. The lowest BCUT2D eigenvalue weighted by atomic mass is 9.91. The molecule has 0 aromatic heterocycles. The minimum absolute atomic E-state index is 0.730. The lowest BCUT2D eigenvalue weighted by Gasteiger charge is -2.25. The highest BCUT2D eigenvalue weighted by Gasteiger charge is 2.13. The van der Waals surface area contributed by atoms with Gasteiger partial charge in [0.05, 0.1) is 11.6 Å². The van der Waals surface area contributed by atoms with E-state index < -0.39 is 0 Å². The van der Waals surface area contributed by atoms with E-state index in [2.05, 4.69) is 23.6 Å². The van der Waals surface area contributed by atoms with Crippen molar-refractivity contribution in [1.82, 2.24) is 10.4 Å². The van der Waals surface area contributed by atoms with E-state index in [9.17, 15) is 0 Å². The summed E-state index contributed by atoms with van der Waals surface area (Å²) >= 11 is 0. The van der Waals surface area contributed by atoms with E-state index in [4.69, 9.17) is 5.26 Å².